The topological polar surface area (TPSA) is 86.8 Å². The first kappa shape index (κ1) is 20.3. The van der Waals surface area contributed by atoms with Crippen molar-refractivity contribution < 1.29 is 0 Å². The molecule has 0 amide bonds. The maximum Gasteiger partial charge on any atom is 0.137 e. The molecule has 3 aromatic rings. The van der Waals surface area contributed by atoms with Crippen molar-refractivity contribution >= 4 is 52.5 Å². The van der Waals surface area contributed by atoms with E-state index in [2.05, 4.69) is 15.0 Å². The minimum Gasteiger partial charge on any atom is -0.384 e. The Hall–Kier alpha value is -2.41. The van der Waals surface area contributed by atoms with Crippen LogP contribution in [0.25, 0.3) is 11.1 Å². The summed E-state index contributed by atoms with van der Waals surface area (Å²) in [6.45, 7) is 1.91. The Morgan fingerprint density at radius 2 is 1.86 bits per heavy atom. The quantitative estimate of drug-likeness (QED) is 0.224. The van der Waals surface area contributed by atoms with E-state index in [-0.39, 0.29) is 5.84 Å². The molecule has 5 N–H and O–H groups in total. The van der Waals surface area contributed by atoms with Crippen molar-refractivity contribution in [1.29, 1.82) is 5.41 Å². The number of nitrogens with two attached hydrogens (primary N) is 1. The predicted octanol–water partition coefficient (Wildman–Crippen LogP) is 5.81. The smallest absolute Gasteiger partial charge is 0.137 e. The van der Waals surface area contributed by atoms with Gasteiger partial charge in [0.25, 0.3) is 0 Å². The number of pyridine rings is 1. The molecule has 0 radical (unpaired) electrons. The molecule has 1 heterocycles. The molecule has 0 aliphatic carbocycles. The van der Waals surface area contributed by atoms with E-state index in [0.717, 1.165) is 27.4 Å². The number of hydrogen-bond donors (Lipinski definition) is 4. The summed E-state index contributed by atoms with van der Waals surface area (Å²) in [5.41, 5.74) is 9.97. The van der Waals surface area contributed by atoms with E-state index >= 15 is 0 Å². The summed E-state index contributed by atoms with van der Waals surface area (Å²) in [4.78, 5) is 5.27. The van der Waals surface area contributed by atoms with Gasteiger partial charge in [-0.25, -0.2) is 4.98 Å². The van der Waals surface area contributed by atoms with Crippen molar-refractivity contribution in [1.82, 2.24) is 4.98 Å². The number of aromatic nitrogens is 1. The number of anilines is 2. The molecule has 1 aromatic heterocycles. The Labute approximate surface area is 178 Å². The van der Waals surface area contributed by atoms with Gasteiger partial charge in [-0.15, -0.1) is 0 Å². The van der Waals surface area contributed by atoms with Crippen molar-refractivity contribution in [2.75, 3.05) is 17.1 Å². The van der Waals surface area contributed by atoms with E-state index in [1.54, 1.807) is 13.1 Å². The zero-order chi connectivity index (χ0) is 20.3. The van der Waals surface area contributed by atoms with Gasteiger partial charge in [-0.3, -0.25) is 5.41 Å². The molecule has 0 atom stereocenters. The van der Waals surface area contributed by atoms with Crippen molar-refractivity contribution in [3.8, 4) is 11.1 Å². The molecule has 0 aliphatic rings. The van der Waals surface area contributed by atoms with Gasteiger partial charge in [0.05, 0.1) is 15.6 Å². The van der Waals surface area contributed by atoms with Crippen LogP contribution in [0.5, 0.6) is 0 Å². The molecule has 0 spiro atoms. The number of nitrogen functional groups attached to an aromatic ring is 1. The van der Waals surface area contributed by atoms with Crippen LogP contribution in [0, 0.1) is 12.3 Å². The molecule has 28 heavy (non-hydrogen) atoms. The lowest BCUT2D eigenvalue weighted by molar-refractivity contribution is 1.18. The maximum atomic E-state index is 7.94. The zero-order valence-electron chi connectivity index (χ0n) is 15.3. The largest absolute Gasteiger partial charge is 0.384 e. The summed E-state index contributed by atoms with van der Waals surface area (Å²) < 4.78 is 3.26. The van der Waals surface area contributed by atoms with Gasteiger partial charge in [-0.1, -0.05) is 41.4 Å². The lowest BCUT2D eigenvalue weighted by Gasteiger charge is -2.15. The minimum absolute atomic E-state index is 0.0276. The summed E-state index contributed by atoms with van der Waals surface area (Å²) in [7, 11) is 1.77. The minimum atomic E-state index is -0.0276. The zero-order valence-corrected chi connectivity index (χ0v) is 17.6. The Kier molecular flexibility index (Phi) is 6.34. The van der Waals surface area contributed by atoms with Gasteiger partial charge in [0.1, 0.15) is 11.7 Å². The molecule has 0 fully saturated rings. The Morgan fingerprint density at radius 3 is 2.50 bits per heavy atom. The number of halogens is 2. The third-order valence-corrected chi connectivity index (χ3v) is 5.87. The fourth-order valence-electron chi connectivity index (χ4n) is 2.75. The van der Waals surface area contributed by atoms with Crippen LogP contribution in [-0.2, 0) is 0 Å². The SMILES string of the molecule is CNc1nc(C)cc(-c2ccc(NSc3cccc(Cl)c3Cl)cc2)c1C(=N)N. The first-order chi connectivity index (χ1) is 13.4. The lowest BCUT2D eigenvalue weighted by atomic mass is 9.98. The Balaban J connectivity index is 1.86. The normalized spacial score (nSPS) is 10.6. The van der Waals surface area contributed by atoms with E-state index in [1.807, 2.05) is 49.4 Å². The molecule has 144 valence electrons. The standard InChI is InChI=1S/C20H19Cl2N5S/c1-11-10-14(17(19(23)24)20(25-2)26-11)12-6-8-13(9-7-12)27-28-16-5-3-4-15(21)18(16)22/h3-10,27H,1-2H3,(H3,23,24)(H,25,26). The fourth-order valence-corrected chi connectivity index (χ4v) is 3.93. The molecule has 0 saturated carbocycles. The van der Waals surface area contributed by atoms with Crippen LogP contribution in [0.15, 0.2) is 53.4 Å². The average molecular weight is 432 g/mol. The number of amidine groups is 1. The van der Waals surface area contributed by atoms with E-state index in [4.69, 9.17) is 34.3 Å². The highest BCUT2D eigenvalue weighted by molar-refractivity contribution is 8.00. The van der Waals surface area contributed by atoms with E-state index < -0.39 is 0 Å². The summed E-state index contributed by atoms with van der Waals surface area (Å²) in [6.07, 6.45) is 0. The summed E-state index contributed by atoms with van der Waals surface area (Å²) >= 11 is 13.7. The van der Waals surface area contributed by atoms with Gasteiger partial charge in [0, 0.05) is 23.3 Å². The average Bonchev–Trinajstić information content (AvgIpc) is 2.68. The second-order valence-corrected chi connectivity index (χ2v) is 7.67. The molecule has 8 heteroatoms. The van der Waals surface area contributed by atoms with Gasteiger partial charge in [0.2, 0.25) is 0 Å². The highest BCUT2D eigenvalue weighted by Gasteiger charge is 2.15. The summed E-state index contributed by atoms with van der Waals surface area (Å²) in [6, 6.07) is 15.3. The number of benzene rings is 2. The summed E-state index contributed by atoms with van der Waals surface area (Å²) in [5, 5.41) is 12.0. The number of hydrogen-bond acceptors (Lipinski definition) is 5. The van der Waals surface area contributed by atoms with Crippen LogP contribution in [0.1, 0.15) is 11.3 Å². The van der Waals surface area contributed by atoms with E-state index in [0.29, 0.717) is 21.4 Å². The number of nitrogens with one attached hydrogen (secondary N) is 3. The van der Waals surface area contributed by atoms with Gasteiger partial charge < -0.3 is 15.8 Å². The second-order valence-electron chi connectivity index (χ2n) is 6.03. The molecule has 0 aliphatic heterocycles. The monoisotopic (exact) mass is 431 g/mol. The Bertz CT molecular complexity index is 1020. The predicted molar refractivity (Wildman–Crippen MR) is 121 cm³/mol. The van der Waals surface area contributed by atoms with Crippen molar-refractivity contribution in [2.24, 2.45) is 5.73 Å². The molecule has 0 saturated heterocycles. The lowest BCUT2D eigenvalue weighted by Crippen LogP contribution is -2.16. The van der Waals surface area contributed by atoms with Crippen LogP contribution in [0.3, 0.4) is 0 Å². The molecule has 0 unspecified atom stereocenters. The molecular formula is C20H19Cl2N5S. The van der Waals surface area contributed by atoms with Gasteiger partial charge in [-0.2, -0.15) is 0 Å². The van der Waals surface area contributed by atoms with Crippen molar-refractivity contribution in [2.45, 2.75) is 11.8 Å². The Morgan fingerprint density at radius 1 is 1.14 bits per heavy atom. The highest BCUT2D eigenvalue weighted by Crippen LogP contribution is 2.34. The number of aryl methyl sites for hydroxylation is 1. The maximum absolute atomic E-state index is 7.94. The van der Waals surface area contributed by atoms with E-state index in [1.165, 1.54) is 11.9 Å². The van der Waals surface area contributed by atoms with Gasteiger partial charge >= 0.3 is 0 Å². The van der Waals surface area contributed by atoms with Crippen molar-refractivity contribution in [3.63, 3.8) is 0 Å². The second kappa shape index (κ2) is 8.73. The van der Waals surface area contributed by atoms with Crippen LogP contribution in [0.2, 0.25) is 10.0 Å². The van der Waals surface area contributed by atoms with Crippen LogP contribution in [0.4, 0.5) is 11.5 Å². The highest BCUT2D eigenvalue weighted by atomic mass is 35.5. The molecular weight excluding hydrogens is 413 g/mol. The third kappa shape index (κ3) is 4.35. The van der Waals surface area contributed by atoms with Crippen molar-refractivity contribution in [3.05, 3.63) is 69.8 Å². The van der Waals surface area contributed by atoms with Crippen LogP contribution >= 0.6 is 35.1 Å². The molecule has 2 aromatic carbocycles. The molecule has 0 bridgehead atoms. The van der Waals surface area contributed by atoms with E-state index in [9.17, 15) is 0 Å². The van der Waals surface area contributed by atoms with Gasteiger partial charge in [0.15, 0.2) is 0 Å². The summed E-state index contributed by atoms with van der Waals surface area (Å²) in [5.74, 6) is 0.566. The molecule has 3 rings (SSSR count). The molecule has 5 nitrogen and oxygen atoms in total. The third-order valence-electron chi connectivity index (χ3n) is 4.04. The number of nitrogens with zero attached hydrogens (tertiary/aromatic N) is 1. The van der Waals surface area contributed by atoms with Gasteiger partial charge in [-0.05, 0) is 60.3 Å². The fraction of sp³-hybridized carbons (Fsp3) is 0.100. The van der Waals surface area contributed by atoms with Crippen LogP contribution in [-0.4, -0.2) is 17.9 Å². The van der Waals surface area contributed by atoms with Crippen LogP contribution < -0.4 is 15.8 Å². The first-order valence-corrected chi connectivity index (χ1v) is 9.99. The first-order valence-electron chi connectivity index (χ1n) is 8.41. The number of rotatable bonds is 6.